The van der Waals surface area contributed by atoms with Crippen LogP contribution in [-0.4, -0.2) is 66.8 Å². The van der Waals surface area contributed by atoms with Crippen molar-refractivity contribution in [1.82, 2.24) is 9.80 Å². The third-order valence-corrected chi connectivity index (χ3v) is 7.27. The Morgan fingerprint density at radius 3 is 2.61 bits per heavy atom. The Kier molecular flexibility index (Phi) is 5.66. The molecule has 3 aliphatic rings. The summed E-state index contributed by atoms with van der Waals surface area (Å²) in [7, 11) is 2.18. The molecule has 1 aromatic carbocycles. The molecule has 1 saturated heterocycles. The summed E-state index contributed by atoms with van der Waals surface area (Å²) in [5, 5.41) is 9.33. The Bertz CT molecular complexity index is 704. The quantitative estimate of drug-likeness (QED) is 0.842. The lowest BCUT2D eigenvalue weighted by Gasteiger charge is -2.37. The summed E-state index contributed by atoms with van der Waals surface area (Å²) in [5.74, 6) is 0.197. The van der Waals surface area contributed by atoms with Gasteiger partial charge in [-0.2, -0.15) is 0 Å². The zero-order valence-electron chi connectivity index (χ0n) is 17.3. The molecule has 5 nitrogen and oxygen atoms in total. The number of hydrogen-bond donors (Lipinski definition) is 1. The lowest BCUT2D eigenvalue weighted by molar-refractivity contribution is -0.143. The Balaban J connectivity index is 1.40. The normalized spacial score (nSPS) is 29.6. The molecule has 1 heterocycles. The Morgan fingerprint density at radius 1 is 1.21 bits per heavy atom. The van der Waals surface area contributed by atoms with Crippen LogP contribution in [0.25, 0.3) is 0 Å². The van der Waals surface area contributed by atoms with Gasteiger partial charge in [-0.25, -0.2) is 0 Å². The highest BCUT2D eigenvalue weighted by Crippen LogP contribution is 2.50. The molecule has 1 aromatic rings. The molecule has 5 heteroatoms. The fourth-order valence-electron chi connectivity index (χ4n) is 5.45. The van der Waals surface area contributed by atoms with Crippen molar-refractivity contribution < 1.29 is 14.6 Å². The summed E-state index contributed by atoms with van der Waals surface area (Å²) in [5.41, 5.74) is 3.05. The molecule has 0 aromatic heterocycles. The summed E-state index contributed by atoms with van der Waals surface area (Å²) in [6, 6.07) is 6.64. The van der Waals surface area contributed by atoms with Crippen LogP contribution in [0.15, 0.2) is 18.2 Å². The number of likely N-dealkylation sites (N-methyl/N-ethyl adjacent to an activating group) is 1. The maximum Gasteiger partial charge on any atom is 0.306 e. The SMILES string of the molecule is CC(CN1CCN(C)CC1)Oc1ccc2c(c1)C1(CC2)CCC(C(=O)O)CC1. The number of carboxylic acids is 1. The zero-order chi connectivity index (χ0) is 19.7. The first-order valence-corrected chi connectivity index (χ1v) is 10.9. The zero-order valence-corrected chi connectivity index (χ0v) is 17.3. The maximum absolute atomic E-state index is 11.3. The minimum absolute atomic E-state index is 0.155. The highest BCUT2D eigenvalue weighted by atomic mass is 16.5. The molecule has 1 spiro atoms. The van der Waals surface area contributed by atoms with Crippen molar-refractivity contribution in [2.75, 3.05) is 39.8 Å². The van der Waals surface area contributed by atoms with E-state index in [1.807, 2.05) is 0 Å². The Hall–Kier alpha value is -1.59. The molecule has 0 amide bonds. The van der Waals surface area contributed by atoms with Gasteiger partial charge in [0.1, 0.15) is 11.9 Å². The molecule has 1 aliphatic heterocycles. The van der Waals surface area contributed by atoms with Gasteiger partial charge in [0.25, 0.3) is 0 Å². The second kappa shape index (κ2) is 8.03. The van der Waals surface area contributed by atoms with Crippen LogP contribution in [0.1, 0.15) is 50.2 Å². The van der Waals surface area contributed by atoms with Gasteiger partial charge in [0.2, 0.25) is 0 Å². The molecule has 1 atom stereocenters. The summed E-state index contributed by atoms with van der Waals surface area (Å²) in [4.78, 5) is 16.2. The van der Waals surface area contributed by atoms with Crippen molar-refractivity contribution in [2.45, 2.75) is 57.0 Å². The van der Waals surface area contributed by atoms with Crippen molar-refractivity contribution in [1.29, 1.82) is 0 Å². The average molecular weight is 387 g/mol. The number of carbonyl (C=O) groups is 1. The van der Waals surface area contributed by atoms with Gasteiger partial charge in [-0.05, 0) is 81.2 Å². The predicted molar refractivity (Wildman–Crippen MR) is 110 cm³/mol. The van der Waals surface area contributed by atoms with Crippen LogP contribution in [-0.2, 0) is 16.6 Å². The van der Waals surface area contributed by atoms with Gasteiger partial charge in [-0.3, -0.25) is 9.69 Å². The molecule has 2 aliphatic carbocycles. The molecule has 28 heavy (non-hydrogen) atoms. The molecule has 2 fully saturated rings. The number of fused-ring (bicyclic) bond motifs is 2. The molecular weight excluding hydrogens is 352 g/mol. The van der Waals surface area contributed by atoms with Crippen molar-refractivity contribution in [2.24, 2.45) is 5.92 Å². The number of hydrogen-bond acceptors (Lipinski definition) is 4. The van der Waals surface area contributed by atoms with Crippen LogP contribution in [0.4, 0.5) is 0 Å². The summed E-state index contributed by atoms with van der Waals surface area (Å²) >= 11 is 0. The van der Waals surface area contributed by atoms with E-state index in [0.717, 1.165) is 77.0 Å². The molecule has 1 N–H and O–H groups in total. The third-order valence-electron chi connectivity index (χ3n) is 7.27. The van der Waals surface area contributed by atoms with Crippen LogP contribution in [0, 0.1) is 5.92 Å². The van der Waals surface area contributed by atoms with Gasteiger partial charge in [0, 0.05) is 32.7 Å². The molecule has 1 unspecified atom stereocenters. The molecule has 0 bridgehead atoms. The third kappa shape index (κ3) is 4.06. The van der Waals surface area contributed by atoms with Crippen LogP contribution in [0.2, 0.25) is 0 Å². The number of carboxylic acid groups (broad SMARTS) is 1. The first-order chi connectivity index (χ1) is 13.4. The highest BCUT2D eigenvalue weighted by molar-refractivity contribution is 5.70. The van der Waals surface area contributed by atoms with Gasteiger partial charge in [-0.15, -0.1) is 0 Å². The highest BCUT2D eigenvalue weighted by Gasteiger charge is 2.43. The standard InChI is InChI=1S/C23H34N2O3/c1-17(16-25-13-11-24(2)12-14-25)28-20-4-3-18-5-8-23(21(18)15-20)9-6-19(7-10-23)22(26)27/h3-4,15,17,19H,5-14,16H2,1-2H3,(H,26,27). The van der Waals surface area contributed by atoms with E-state index in [4.69, 9.17) is 4.74 Å². The van der Waals surface area contributed by atoms with Gasteiger partial charge < -0.3 is 14.7 Å². The topological polar surface area (TPSA) is 53.0 Å². The van der Waals surface area contributed by atoms with Gasteiger partial charge >= 0.3 is 5.97 Å². The van der Waals surface area contributed by atoms with Crippen molar-refractivity contribution in [3.8, 4) is 5.75 Å². The number of aryl methyl sites for hydroxylation is 1. The van der Waals surface area contributed by atoms with E-state index in [2.05, 4.69) is 42.0 Å². The maximum atomic E-state index is 11.3. The van der Waals surface area contributed by atoms with Crippen molar-refractivity contribution in [3.05, 3.63) is 29.3 Å². The monoisotopic (exact) mass is 386 g/mol. The largest absolute Gasteiger partial charge is 0.489 e. The van der Waals surface area contributed by atoms with E-state index in [9.17, 15) is 9.90 Å². The lowest BCUT2D eigenvalue weighted by atomic mass is 9.67. The van der Waals surface area contributed by atoms with E-state index >= 15 is 0 Å². The van der Waals surface area contributed by atoms with E-state index in [-0.39, 0.29) is 17.4 Å². The smallest absolute Gasteiger partial charge is 0.306 e. The van der Waals surface area contributed by atoms with Crippen LogP contribution in [0.5, 0.6) is 5.75 Å². The van der Waals surface area contributed by atoms with Gasteiger partial charge in [0.05, 0.1) is 5.92 Å². The molecule has 1 saturated carbocycles. The number of aliphatic carboxylic acids is 1. The van der Waals surface area contributed by atoms with Crippen LogP contribution >= 0.6 is 0 Å². The number of ether oxygens (including phenoxy) is 1. The fourth-order valence-corrected chi connectivity index (χ4v) is 5.45. The van der Waals surface area contributed by atoms with Gasteiger partial charge in [0.15, 0.2) is 0 Å². The predicted octanol–water partition coefficient (Wildman–Crippen LogP) is 3.16. The van der Waals surface area contributed by atoms with E-state index < -0.39 is 5.97 Å². The summed E-state index contributed by atoms with van der Waals surface area (Å²) in [6.45, 7) is 7.62. The minimum Gasteiger partial charge on any atom is -0.489 e. The first kappa shape index (κ1) is 19.7. The molecule has 154 valence electrons. The Labute approximate surface area is 168 Å². The van der Waals surface area contributed by atoms with E-state index in [0.29, 0.717) is 0 Å². The number of benzene rings is 1. The Morgan fingerprint density at radius 2 is 1.93 bits per heavy atom. The van der Waals surface area contributed by atoms with Crippen molar-refractivity contribution in [3.63, 3.8) is 0 Å². The fraction of sp³-hybridized carbons (Fsp3) is 0.696. The number of rotatable bonds is 5. The minimum atomic E-state index is -0.622. The first-order valence-electron chi connectivity index (χ1n) is 10.9. The lowest BCUT2D eigenvalue weighted by Crippen LogP contribution is -2.47. The average Bonchev–Trinajstić information content (AvgIpc) is 3.02. The molecule has 0 radical (unpaired) electrons. The van der Waals surface area contributed by atoms with E-state index in [1.54, 1.807) is 0 Å². The second-order valence-electron chi connectivity index (χ2n) is 9.24. The summed E-state index contributed by atoms with van der Waals surface area (Å²) in [6.07, 6.45) is 6.05. The van der Waals surface area contributed by atoms with Crippen LogP contribution in [0.3, 0.4) is 0 Å². The second-order valence-corrected chi connectivity index (χ2v) is 9.24. The molecule has 4 rings (SSSR count). The molecular formula is C23H34N2O3. The number of piperazine rings is 1. The summed E-state index contributed by atoms with van der Waals surface area (Å²) < 4.78 is 6.31. The van der Waals surface area contributed by atoms with Crippen molar-refractivity contribution >= 4 is 5.97 Å². The number of nitrogens with zero attached hydrogens (tertiary/aromatic N) is 2. The van der Waals surface area contributed by atoms with E-state index in [1.165, 1.54) is 11.1 Å². The van der Waals surface area contributed by atoms with Crippen LogP contribution < -0.4 is 4.74 Å². The van der Waals surface area contributed by atoms with Gasteiger partial charge in [-0.1, -0.05) is 6.07 Å².